The summed E-state index contributed by atoms with van der Waals surface area (Å²) in [4.78, 5) is 1.06. The third-order valence-corrected chi connectivity index (χ3v) is 5.46. The summed E-state index contributed by atoms with van der Waals surface area (Å²) in [5.74, 6) is -1.05. The van der Waals surface area contributed by atoms with E-state index in [0.29, 0.717) is 5.75 Å². The molecule has 0 bridgehead atoms. The van der Waals surface area contributed by atoms with Crippen molar-refractivity contribution in [3.63, 3.8) is 0 Å². The lowest BCUT2D eigenvalue weighted by atomic mass is 10.0. The average molecular weight is 340 g/mol. The van der Waals surface area contributed by atoms with Crippen LogP contribution in [0.15, 0.2) is 35.2 Å². The molecule has 5 heteroatoms. The van der Waals surface area contributed by atoms with E-state index in [-0.39, 0.29) is 0 Å². The van der Waals surface area contributed by atoms with Crippen LogP contribution in [0, 0.1) is 11.6 Å². The number of hydrogen-bond donors (Lipinski definition) is 1. The number of halogens is 3. The van der Waals surface area contributed by atoms with Gasteiger partial charge in [0.2, 0.25) is 0 Å². The summed E-state index contributed by atoms with van der Waals surface area (Å²) in [5, 5.41) is 4.11. The molecule has 1 aliphatic rings. The Balaban J connectivity index is 1.84. The molecule has 2 aromatic rings. The Morgan fingerprint density at radius 3 is 2.68 bits per heavy atom. The molecule has 3 rings (SSSR count). The van der Waals surface area contributed by atoms with E-state index < -0.39 is 11.6 Å². The molecule has 1 nitrogen and oxygen atoms in total. The summed E-state index contributed by atoms with van der Waals surface area (Å²) in [5.41, 5.74) is 3.36. The molecular weight excluding hydrogens is 324 g/mol. The third-order valence-electron chi connectivity index (χ3n) is 3.80. The molecule has 1 heterocycles. The second kappa shape index (κ2) is 6.99. The lowest BCUT2D eigenvalue weighted by Crippen LogP contribution is -2.16. The van der Waals surface area contributed by atoms with E-state index in [4.69, 9.17) is 11.6 Å². The normalized spacial score (nSPS) is 14.5. The van der Waals surface area contributed by atoms with Gasteiger partial charge >= 0.3 is 0 Å². The predicted octanol–water partition coefficient (Wildman–Crippen LogP) is 4.60. The monoisotopic (exact) mass is 339 g/mol. The van der Waals surface area contributed by atoms with Crippen molar-refractivity contribution in [2.75, 3.05) is 13.1 Å². The number of thioether (sulfide) groups is 1. The Kier molecular flexibility index (Phi) is 5.01. The summed E-state index contributed by atoms with van der Waals surface area (Å²) in [7, 11) is 0. The van der Waals surface area contributed by atoms with Gasteiger partial charge in [0, 0.05) is 10.6 Å². The Bertz CT molecular complexity index is 691. The van der Waals surface area contributed by atoms with Gasteiger partial charge in [-0.3, -0.25) is 0 Å². The maximum atomic E-state index is 13.3. The lowest BCUT2D eigenvalue weighted by Gasteiger charge is -2.14. The Morgan fingerprint density at radius 2 is 1.86 bits per heavy atom. The largest absolute Gasteiger partial charge is 0.316 e. The molecule has 0 saturated carbocycles. The van der Waals surface area contributed by atoms with Gasteiger partial charge in [-0.2, -0.15) is 0 Å². The maximum Gasteiger partial charge on any atom is 0.159 e. The molecule has 0 atom stereocenters. The molecular formula is C17H16ClF2NS. The SMILES string of the molecule is Fc1ccc(CSc2c(Cl)ccc3c2CCNCC3)cc1F. The molecule has 0 aliphatic carbocycles. The molecule has 0 aromatic heterocycles. The standard InChI is InChI=1S/C17H16ClF2NS/c18-14-3-2-12-5-7-21-8-6-13(12)17(14)22-10-11-1-4-15(19)16(20)9-11/h1-4,9,21H,5-8,10H2. The van der Waals surface area contributed by atoms with Gasteiger partial charge in [-0.05, 0) is 60.8 Å². The van der Waals surface area contributed by atoms with Gasteiger partial charge in [-0.25, -0.2) is 8.78 Å². The summed E-state index contributed by atoms with van der Waals surface area (Å²) in [6.07, 6.45) is 1.93. The van der Waals surface area contributed by atoms with Crippen molar-refractivity contribution in [2.45, 2.75) is 23.5 Å². The van der Waals surface area contributed by atoms with E-state index in [0.717, 1.165) is 41.4 Å². The minimum Gasteiger partial charge on any atom is -0.316 e. The number of nitrogens with one attached hydrogen (secondary N) is 1. The van der Waals surface area contributed by atoms with E-state index in [1.54, 1.807) is 17.8 Å². The topological polar surface area (TPSA) is 12.0 Å². The lowest BCUT2D eigenvalue weighted by molar-refractivity contribution is 0.507. The molecule has 1 aliphatic heterocycles. The smallest absolute Gasteiger partial charge is 0.159 e. The highest BCUT2D eigenvalue weighted by atomic mass is 35.5. The van der Waals surface area contributed by atoms with Gasteiger partial charge in [0.25, 0.3) is 0 Å². The maximum absolute atomic E-state index is 13.3. The first kappa shape index (κ1) is 15.8. The Labute approximate surface area is 138 Å². The van der Waals surface area contributed by atoms with Crippen molar-refractivity contribution in [1.29, 1.82) is 0 Å². The van der Waals surface area contributed by atoms with Crippen LogP contribution in [0.3, 0.4) is 0 Å². The van der Waals surface area contributed by atoms with E-state index >= 15 is 0 Å². The van der Waals surface area contributed by atoms with Crippen molar-refractivity contribution < 1.29 is 8.78 Å². The molecule has 1 N–H and O–H groups in total. The zero-order valence-electron chi connectivity index (χ0n) is 12.0. The zero-order valence-corrected chi connectivity index (χ0v) is 13.5. The molecule has 0 amide bonds. The van der Waals surface area contributed by atoms with Crippen LogP contribution in [0.1, 0.15) is 16.7 Å². The van der Waals surface area contributed by atoms with Gasteiger partial charge < -0.3 is 5.32 Å². The second-order valence-corrected chi connectivity index (χ2v) is 6.69. The van der Waals surface area contributed by atoms with Crippen LogP contribution in [0.2, 0.25) is 5.02 Å². The van der Waals surface area contributed by atoms with Gasteiger partial charge in [-0.1, -0.05) is 23.7 Å². The summed E-state index contributed by atoms with van der Waals surface area (Å²) in [6, 6.07) is 8.05. The number of rotatable bonds is 3. The second-order valence-electron chi connectivity index (χ2n) is 5.30. The van der Waals surface area contributed by atoms with E-state index in [1.165, 1.54) is 23.3 Å². The molecule has 0 radical (unpaired) electrons. The number of hydrogen-bond acceptors (Lipinski definition) is 2. The van der Waals surface area contributed by atoms with Crippen molar-refractivity contribution >= 4 is 23.4 Å². The van der Waals surface area contributed by atoms with Crippen LogP contribution in [-0.2, 0) is 18.6 Å². The van der Waals surface area contributed by atoms with Crippen molar-refractivity contribution in [1.82, 2.24) is 5.32 Å². The van der Waals surface area contributed by atoms with E-state index in [1.807, 2.05) is 6.07 Å². The minimum absolute atomic E-state index is 0.570. The van der Waals surface area contributed by atoms with Crippen LogP contribution in [0.25, 0.3) is 0 Å². The van der Waals surface area contributed by atoms with Crippen LogP contribution >= 0.6 is 23.4 Å². The Hall–Kier alpha value is -1.10. The fourth-order valence-corrected chi connectivity index (χ4v) is 4.10. The van der Waals surface area contributed by atoms with Crippen LogP contribution in [-0.4, -0.2) is 13.1 Å². The van der Waals surface area contributed by atoms with E-state index in [9.17, 15) is 8.78 Å². The van der Waals surface area contributed by atoms with Crippen LogP contribution in [0.4, 0.5) is 8.78 Å². The summed E-state index contributed by atoms with van der Waals surface area (Å²) >= 11 is 7.95. The summed E-state index contributed by atoms with van der Waals surface area (Å²) < 4.78 is 26.3. The highest BCUT2D eigenvalue weighted by Gasteiger charge is 2.15. The van der Waals surface area contributed by atoms with Gasteiger partial charge in [0.1, 0.15) is 0 Å². The van der Waals surface area contributed by atoms with Crippen molar-refractivity contribution in [2.24, 2.45) is 0 Å². The minimum atomic E-state index is -0.813. The molecule has 116 valence electrons. The first-order chi connectivity index (χ1) is 10.6. The first-order valence-electron chi connectivity index (χ1n) is 7.23. The highest BCUT2D eigenvalue weighted by Crippen LogP contribution is 2.36. The van der Waals surface area contributed by atoms with Gasteiger partial charge in [0.15, 0.2) is 11.6 Å². The number of benzene rings is 2. The fourth-order valence-electron chi connectivity index (χ4n) is 2.65. The van der Waals surface area contributed by atoms with Crippen LogP contribution < -0.4 is 5.32 Å². The molecule has 22 heavy (non-hydrogen) atoms. The zero-order chi connectivity index (χ0) is 15.5. The molecule has 0 spiro atoms. The number of fused-ring (bicyclic) bond motifs is 1. The fraction of sp³-hybridized carbons (Fsp3) is 0.294. The van der Waals surface area contributed by atoms with Crippen LogP contribution in [0.5, 0.6) is 0 Å². The van der Waals surface area contributed by atoms with Gasteiger partial charge in [0.05, 0.1) is 5.02 Å². The average Bonchev–Trinajstić information content (AvgIpc) is 2.75. The molecule has 0 saturated heterocycles. The summed E-state index contributed by atoms with van der Waals surface area (Å²) in [6.45, 7) is 1.91. The highest BCUT2D eigenvalue weighted by molar-refractivity contribution is 7.98. The van der Waals surface area contributed by atoms with E-state index in [2.05, 4.69) is 11.4 Å². The molecule has 0 unspecified atom stereocenters. The molecule has 0 fully saturated rings. The Morgan fingerprint density at radius 1 is 1.05 bits per heavy atom. The van der Waals surface area contributed by atoms with Gasteiger partial charge in [-0.15, -0.1) is 11.8 Å². The third kappa shape index (κ3) is 3.45. The molecule has 2 aromatic carbocycles. The quantitative estimate of drug-likeness (QED) is 0.820. The first-order valence-corrected chi connectivity index (χ1v) is 8.59. The van der Waals surface area contributed by atoms with Crippen molar-refractivity contribution in [3.8, 4) is 0 Å². The van der Waals surface area contributed by atoms with Crippen molar-refractivity contribution in [3.05, 3.63) is 63.7 Å². The predicted molar refractivity (Wildman–Crippen MR) is 87.6 cm³/mol.